The van der Waals surface area contributed by atoms with E-state index < -0.39 is 37.6 Å². The third-order valence-corrected chi connectivity index (χ3v) is 2.76. The third-order valence-electron chi connectivity index (χ3n) is 2.76. The van der Waals surface area contributed by atoms with Gasteiger partial charge in [-0.2, -0.15) is 0 Å². The second-order valence-corrected chi connectivity index (χ2v) is 4.38. The maximum atomic E-state index is 10.4. The molecule has 13 nitrogen and oxygen atoms in total. The number of phenolic OH excluding ortho intramolecular Hbond substituents is 2. The molecule has 2 rings (SSSR count). The van der Waals surface area contributed by atoms with Crippen LogP contribution < -0.4 is 11.5 Å². The smallest absolute Gasteiger partial charge is 0.372 e. The average Bonchev–Trinajstić information content (AvgIpc) is 2.52. The van der Waals surface area contributed by atoms with Gasteiger partial charge in [0.05, 0.1) is 20.8 Å². The molecule has 0 fully saturated rings. The Morgan fingerprint density at radius 1 is 0.800 bits per heavy atom. The molecule has 0 aromatic heterocycles. The number of benzene rings is 2. The lowest BCUT2D eigenvalue weighted by Gasteiger charge is -1.99. The number of nitrogens with zero attached hydrogens (tertiary/aromatic N) is 3. The van der Waals surface area contributed by atoms with Crippen LogP contribution in [0.3, 0.4) is 0 Å². The van der Waals surface area contributed by atoms with Gasteiger partial charge in [-0.05, 0) is 18.2 Å². The second-order valence-electron chi connectivity index (χ2n) is 4.38. The van der Waals surface area contributed by atoms with Gasteiger partial charge in [0.25, 0.3) is 5.69 Å². The van der Waals surface area contributed by atoms with E-state index in [2.05, 4.69) is 0 Å². The van der Waals surface area contributed by atoms with E-state index in [1.807, 2.05) is 0 Å². The first-order chi connectivity index (χ1) is 11.6. The van der Waals surface area contributed by atoms with Crippen LogP contribution in [0.2, 0.25) is 0 Å². The number of phenols is 2. The summed E-state index contributed by atoms with van der Waals surface area (Å²) in [5.74, 6) is -0.715. The van der Waals surface area contributed by atoms with Crippen LogP contribution in [-0.2, 0) is 0 Å². The van der Waals surface area contributed by atoms with Crippen molar-refractivity contribution in [3.8, 4) is 11.5 Å². The maximum Gasteiger partial charge on any atom is 0.372 e. The average molecular weight is 353 g/mol. The summed E-state index contributed by atoms with van der Waals surface area (Å²) in [4.78, 5) is 28.4. The van der Waals surface area contributed by atoms with Crippen LogP contribution in [0.25, 0.3) is 0 Å². The van der Waals surface area contributed by atoms with Crippen LogP contribution in [0.15, 0.2) is 30.3 Å². The van der Waals surface area contributed by atoms with E-state index in [4.69, 9.17) is 21.7 Å². The van der Waals surface area contributed by atoms with Gasteiger partial charge in [-0.3, -0.25) is 30.3 Å². The minimum atomic E-state index is -1.01. The number of rotatable bonds is 3. The summed E-state index contributed by atoms with van der Waals surface area (Å²) in [6.45, 7) is 0. The summed E-state index contributed by atoms with van der Waals surface area (Å²) in [7, 11) is 0. The molecule has 13 heteroatoms. The Morgan fingerprint density at radius 2 is 1.36 bits per heavy atom. The lowest BCUT2D eigenvalue weighted by atomic mass is 10.2. The van der Waals surface area contributed by atoms with Crippen molar-refractivity contribution in [2.45, 2.75) is 0 Å². The van der Waals surface area contributed by atoms with Crippen molar-refractivity contribution < 1.29 is 25.0 Å². The Hall–Kier alpha value is -4.16. The zero-order valence-corrected chi connectivity index (χ0v) is 12.2. The first kappa shape index (κ1) is 18.9. The normalized spacial score (nSPS) is 9.60. The van der Waals surface area contributed by atoms with E-state index >= 15 is 0 Å². The molecule has 0 bridgehead atoms. The van der Waals surface area contributed by atoms with E-state index in [0.717, 1.165) is 18.2 Å². The quantitative estimate of drug-likeness (QED) is 0.205. The number of nitro benzene ring substituents is 3. The summed E-state index contributed by atoms with van der Waals surface area (Å²) in [6.07, 6.45) is 0. The maximum absolute atomic E-state index is 10.4. The first-order valence-corrected chi connectivity index (χ1v) is 6.19. The molecule has 0 saturated carbocycles. The van der Waals surface area contributed by atoms with Crippen LogP contribution in [0.1, 0.15) is 0 Å². The minimum absolute atomic E-state index is 0.0489. The van der Waals surface area contributed by atoms with Crippen molar-refractivity contribution in [1.29, 1.82) is 0 Å². The number of hydrogen-bond acceptors (Lipinski definition) is 10. The summed E-state index contributed by atoms with van der Waals surface area (Å²) in [5.41, 5.74) is 7.89. The van der Waals surface area contributed by atoms with Gasteiger partial charge in [-0.1, -0.05) is 0 Å². The molecule has 0 aliphatic heterocycles. The third kappa shape index (κ3) is 4.41. The van der Waals surface area contributed by atoms with Gasteiger partial charge in [0.15, 0.2) is 5.69 Å². The number of anilines is 2. The molecule has 0 atom stereocenters. The molecule has 0 unspecified atom stereocenters. The summed E-state index contributed by atoms with van der Waals surface area (Å²) < 4.78 is 0. The van der Waals surface area contributed by atoms with Gasteiger partial charge >= 0.3 is 11.4 Å². The van der Waals surface area contributed by atoms with Gasteiger partial charge in [0.2, 0.25) is 0 Å². The molecule has 25 heavy (non-hydrogen) atoms. The lowest BCUT2D eigenvalue weighted by molar-refractivity contribution is -0.421. The second kappa shape index (κ2) is 7.40. The minimum Gasteiger partial charge on any atom is -0.508 e. The Balaban J connectivity index is 0.000000257. The lowest BCUT2D eigenvalue weighted by Crippen LogP contribution is -2.00. The predicted octanol–water partition coefficient (Wildman–Crippen LogP) is 1.67. The highest BCUT2D eigenvalue weighted by Crippen LogP contribution is 2.38. The highest BCUT2D eigenvalue weighted by molar-refractivity contribution is 5.75. The van der Waals surface area contributed by atoms with Crippen molar-refractivity contribution in [1.82, 2.24) is 0 Å². The molecule has 2 aromatic rings. The van der Waals surface area contributed by atoms with E-state index in [0.29, 0.717) is 0 Å². The van der Waals surface area contributed by atoms with Gasteiger partial charge in [-0.15, -0.1) is 0 Å². The van der Waals surface area contributed by atoms with E-state index in [9.17, 15) is 30.3 Å². The molecule has 0 amide bonds. The van der Waals surface area contributed by atoms with E-state index in [1.165, 1.54) is 12.1 Å². The zero-order valence-electron chi connectivity index (χ0n) is 12.2. The van der Waals surface area contributed by atoms with Crippen LogP contribution in [0.5, 0.6) is 11.5 Å². The molecule has 6 N–H and O–H groups in total. The van der Waals surface area contributed by atoms with Gasteiger partial charge in [0.1, 0.15) is 17.2 Å². The molecule has 0 saturated heterocycles. The van der Waals surface area contributed by atoms with Crippen molar-refractivity contribution in [2.75, 3.05) is 11.5 Å². The molecule has 0 aliphatic rings. The molecular formula is C12H11N5O8. The van der Waals surface area contributed by atoms with Crippen molar-refractivity contribution in [2.24, 2.45) is 0 Å². The molecule has 0 aliphatic carbocycles. The molecule has 132 valence electrons. The molecule has 0 radical (unpaired) electrons. The molecular weight excluding hydrogens is 342 g/mol. The Bertz CT molecular complexity index is 854. The van der Waals surface area contributed by atoms with E-state index in [1.54, 1.807) is 0 Å². The van der Waals surface area contributed by atoms with Crippen LogP contribution >= 0.6 is 0 Å². The fourth-order valence-electron chi connectivity index (χ4n) is 1.62. The Morgan fingerprint density at radius 3 is 1.80 bits per heavy atom. The van der Waals surface area contributed by atoms with Gasteiger partial charge in [-0.25, -0.2) is 0 Å². The van der Waals surface area contributed by atoms with Crippen LogP contribution in [-0.4, -0.2) is 25.0 Å². The summed E-state index contributed by atoms with van der Waals surface area (Å²) in [5, 5.41) is 48.8. The summed E-state index contributed by atoms with van der Waals surface area (Å²) >= 11 is 0. The van der Waals surface area contributed by atoms with Gasteiger partial charge in [0, 0.05) is 6.07 Å². The molecule has 0 heterocycles. The van der Waals surface area contributed by atoms with Gasteiger partial charge < -0.3 is 21.7 Å². The number of nitro groups is 3. The summed E-state index contributed by atoms with van der Waals surface area (Å²) in [6, 6.07) is 5.34. The number of aromatic hydroxyl groups is 2. The van der Waals surface area contributed by atoms with Crippen molar-refractivity contribution in [3.05, 3.63) is 60.7 Å². The van der Waals surface area contributed by atoms with Crippen molar-refractivity contribution >= 4 is 28.4 Å². The zero-order chi connectivity index (χ0) is 19.3. The fraction of sp³-hybridized carbons (Fsp3) is 0. The number of hydrogen-bond donors (Lipinski definition) is 4. The monoisotopic (exact) mass is 353 g/mol. The number of nitrogen functional groups attached to an aromatic ring is 2. The SMILES string of the molecule is Nc1c(O)ccc([N+](=O)[O-])c1[N+](=O)[O-].Nc1ccc(O)cc1[N+](=O)[O-]. The topological polar surface area (TPSA) is 222 Å². The largest absolute Gasteiger partial charge is 0.508 e. The Kier molecular flexibility index (Phi) is 5.59. The van der Waals surface area contributed by atoms with E-state index in [-0.39, 0.29) is 17.1 Å². The Labute approximate surface area is 138 Å². The van der Waals surface area contributed by atoms with Crippen LogP contribution in [0.4, 0.5) is 28.4 Å². The van der Waals surface area contributed by atoms with Crippen LogP contribution in [0, 0.1) is 30.3 Å². The predicted molar refractivity (Wildman–Crippen MR) is 85.0 cm³/mol. The molecule has 0 spiro atoms. The number of nitrogens with two attached hydrogens (primary N) is 2. The fourth-order valence-corrected chi connectivity index (χ4v) is 1.62. The highest BCUT2D eigenvalue weighted by atomic mass is 16.6. The highest BCUT2D eigenvalue weighted by Gasteiger charge is 2.29. The standard InChI is InChI=1S/C6H5N3O5.C6H6N2O3/c7-5-4(10)2-1-3(8(11)12)6(5)9(13)14;7-5-2-1-4(9)3-6(5)8(10)11/h1-2,10H,7H2;1-3,9H,7H2. The molecule has 2 aromatic carbocycles. The van der Waals surface area contributed by atoms with Crippen molar-refractivity contribution in [3.63, 3.8) is 0 Å². The first-order valence-electron chi connectivity index (χ1n) is 6.19.